The van der Waals surface area contributed by atoms with Gasteiger partial charge in [-0.3, -0.25) is 10.2 Å². The molecule has 26 heavy (non-hydrogen) atoms. The molecule has 3 heterocycles. The van der Waals surface area contributed by atoms with Gasteiger partial charge in [0.25, 0.3) is 10.0 Å². The summed E-state index contributed by atoms with van der Waals surface area (Å²) in [6.45, 7) is 3.13. The zero-order valence-electron chi connectivity index (χ0n) is 14.7. The van der Waals surface area contributed by atoms with Gasteiger partial charge in [0.15, 0.2) is 5.84 Å². The van der Waals surface area contributed by atoms with Crippen LogP contribution in [0.25, 0.3) is 0 Å². The Morgan fingerprint density at radius 3 is 2.46 bits per heavy atom. The van der Waals surface area contributed by atoms with Gasteiger partial charge in [0.1, 0.15) is 4.90 Å². The summed E-state index contributed by atoms with van der Waals surface area (Å²) in [6, 6.07) is 6.94. The average Bonchev–Trinajstić information content (AvgIpc) is 2.94. The first-order valence-corrected chi connectivity index (χ1v) is 10.7. The van der Waals surface area contributed by atoms with Gasteiger partial charge in [-0.05, 0) is 37.8 Å². The lowest BCUT2D eigenvalue weighted by atomic mass is 9.95. The van der Waals surface area contributed by atoms with E-state index in [0.717, 1.165) is 25.9 Å². The molecule has 3 aliphatic rings. The number of carbonyl (C=O) groups is 1. The van der Waals surface area contributed by atoms with Gasteiger partial charge in [0.2, 0.25) is 5.91 Å². The Bertz CT molecular complexity index is 823. The van der Waals surface area contributed by atoms with E-state index in [1.165, 1.54) is 6.42 Å². The highest BCUT2D eigenvalue weighted by molar-refractivity contribution is 7.90. The van der Waals surface area contributed by atoms with Crippen LogP contribution in [-0.4, -0.2) is 56.2 Å². The van der Waals surface area contributed by atoms with Crippen molar-refractivity contribution in [3.8, 4) is 0 Å². The Labute approximate surface area is 154 Å². The number of sulfonamides is 1. The van der Waals surface area contributed by atoms with Crippen LogP contribution in [0.3, 0.4) is 0 Å². The Morgan fingerprint density at radius 2 is 1.73 bits per heavy atom. The monoisotopic (exact) mass is 376 g/mol. The van der Waals surface area contributed by atoms with Gasteiger partial charge in [0.05, 0.1) is 0 Å². The van der Waals surface area contributed by atoms with Crippen molar-refractivity contribution in [1.82, 2.24) is 15.3 Å². The van der Waals surface area contributed by atoms with E-state index in [-0.39, 0.29) is 16.7 Å². The number of hydrogen-bond acceptors (Lipinski definition) is 5. The number of nitrogens with one attached hydrogen (secondary N) is 1. The van der Waals surface area contributed by atoms with E-state index < -0.39 is 10.0 Å². The van der Waals surface area contributed by atoms with Crippen molar-refractivity contribution in [3.05, 3.63) is 29.8 Å². The average molecular weight is 376 g/mol. The van der Waals surface area contributed by atoms with Gasteiger partial charge < -0.3 is 4.90 Å². The number of amides is 1. The molecule has 4 rings (SSSR count). The van der Waals surface area contributed by atoms with E-state index in [1.54, 1.807) is 18.2 Å². The Morgan fingerprint density at radius 1 is 1.04 bits per heavy atom. The second-order valence-corrected chi connectivity index (χ2v) is 8.74. The molecule has 1 aromatic rings. The van der Waals surface area contributed by atoms with Crippen LogP contribution < -0.4 is 5.43 Å². The summed E-state index contributed by atoms with van der Waals surface area (Å²) in [5.74, 6) is 0.588. The maximum atomic E-state index is 12.5. The van der Waals surface area contributed by atoms with Crippen LogP contribution in [0.4, 0.5) is 0 Å². The van der Waals surface area contributed by atoms with Crippen LogP contribution in [0.1, 0.15) is 37.7 Å². The van der Waals surface area contributed by atoms with Crippen molar-refractivity contribution < 1.29 is 13.2 Å². The van der Waals surface area contributed by atoms with Crippen molar-refractivity contribution in [1.29, 1.82) is 0 Å². The number of rotatable bonds is 2. The number of hydrogen-bond donors (Lipinski definition) is 1. The molecule has 7 nitrogen and oxygen atoms in total. The molecule has 0 bridgehead atoms. The molecule has 2 saturated heterocycles. The van der Waals surface area contributed by atoms with Gasteiger partial charge >= 0.3 is 0 Å². The Kier molecular flexibility index (Phi) is 4.71. The fourth-order valence-corrected chi connectivity index (χ4v) is 5.15. The summed E-state index contributed by atoms with van der Waals surface area (Å²) >= 11 is 0. The minimum absolute atomic E-state index is 0.0259. The second kappa shape index (κ2) is 7.00. The molecule has 0 aliphatic carbocycles. The zero-order chi connectivity index (χ0) is 18.1. The SMILES string of the molecule is O=C(NN1CCCCC1)C1CCN(C2=NS(=O)(=O)c3ccccc32)CC1. The summed E-state index contributed by atoms with van der Waals surface area (Å²) in [5.41, 5.74) is 3.72. The number of benzene rings is 1. The summed E-state index contributed by atoms with van der Waals surface area (Å²) in [5, 5.41) is 2.03. The summed E-state index contributed by atoms with van der Waals surface area (Å²) in [7, 11) is -3.59. The van der Waals surface area contributed by atoms with Gasteiger partial charge in [-0.15, -0.1) is 4.40 Å². The van der Waals surface area contributed by atoms with E-state index in [9.17, 15) is 13.2 Å². The topological polar surface area (TPSA) is 82.1 Å². The third-order valence-corrected chi connectivity index (χ3v) is 6.73. The van der Waals surface area contributed by atoms with Crippen LogP contribution in [0, 0.1) is 5.92 Å². The molecule has 1 amide bonds. The highest BCUT2D eigenvalue weighted by atomic mass is 32.2. The molecule has 8 heteroatoms. The van der Waals surface area contributed by atoms with Crippen molar-refractivity contribution in [2.24, 2.45) is 10.3 Å². The highest BCUT2D eigenvalue weighted by Crippen LogP contribution is 2.29. The largest absolute Gasteiger partial charge is 0.355 e. The van der Waals surface area contributed by atoms with Crippen LogP contribution in [0.5, 0.6) is 0 Å². The molecule has 0 unspecified atom stereocenters. The number of piperidine rings is 2. The maximum absolute atomic E-state index is 12.5. The fraction of sp³-hybridized carbons (Fsp3) is 0.556. The molecule has 3 aliphatic heterocycles. The smallest absolute Gasteiger partial charge is 0.285 e. The van der Waals surface area contributed by atoms with Gasteiger partial charge in [-0.1, -0.05) is 18.6 Å². The van der Waals surface area contributed by atoms with Gasteiger partial charge in [-0.2, -0.15) is 8.42 Å². The van der Waals surface area contributed by atoms with E-state index in [4.69, 9.17) is 0 Å². The lowest BCUT2D eigenvalue weighted by Crippen LogP contribution is -2.49. The number of fused-ring (bicyclic) bond motifs is 1. The predicted octanol–water partition coefficient (Wildman–Crippen LogP) is 1.36. The number of amidine groups is 1. The lowest BCUT2D eigenvalue weighted by Gasteiger charge is -2.34. The molecule has 0 atom stereocenters. The van der Waals surface area contributed by atoms with E-state index >= 15 is 0 Å². The molecule has 2 fully saturated rings. The third-order valence-electron chi connectivity index (χ3n) is 5.40. The van der Waals surface area contributed by atoms with Crippen LogP contribution in [0.15, 0.2) is 33.6 Å². The Balaban J connectivity index is 1.39. The first-order chi connectivity index (χ1) is 12.5. The van der Waals surface area contributed by atoms with E-state index in [0.29, 0.717) is 37.3 Å². The number of nitrogens with zero attached hydrogens (tertiary/aromatic N) is 3. The van der Waals surface area contributed by atoms with Crippen LogP contribution in [-0.2, 0) is 14.8 Å². The summed E-state index contributed by atoms with van der Waals surface area (Å²) in [6.07, 6.45) is 4.91. The second-order valence-electron chi connectivity index (χ2n) is 7.17. The molecule has 0 saturated carbocycles. The van der Waals surface area contributed by atoms with E-state index in [1.807, 2.05) is 16.0 Å². The first-order valence-electron chi connectivity index (χ1n) is 9.29. The quantitative estimate of drug-likeness (QED) is 0.843. The normalized spacial score (nSPS) is 23.4. The fourth-order valence-electron chi connectivity index (χ4n) is 3.92. The molecular weight excluding hydrogens is 352 g/mol. The summed E-state index contributed by atoms with van der Waals surface area (Å²) in [4.78, 5) is 14.8. The number of likely N-dealkylation sites (tertiary alicyclic amines) is 1. The van der Waals surface area contributed by atoms with Gasteiger partial charge in [0, 0.05) is 37.7 Å². The lowest BCUT2D eigenvalue weighted by molar-refractivity contribution is -0.131. The minimum atomic E-state index is -3.59. The molecule has 0 aromatic heterocycles. The van der Waals surface area contributed by atoms with Crippen molar-refractivity contribution in [2.45, 2.75) is 37.0 Å². The van der Waals surface area contributed by atoms with E-state index in [2.05, 4.69) is 9.82 Å². The van der Waals surface area contributed by atoms with Crippen molar-refractivity contribution in [3.63, 3.8) is 0 Å². The first kappa shape index (κ1) is 17.5. The molecule has 0 radical (unpaired) electrons. The highest BCUT2D eigenvalue weighted by Gasteiger charge is 2.34. The van der Waals surface area contributed by atoms with Crippen molar-refractivity contribution >= 4 is 21.8 Å². The molecule has 0 spiro atoms. The number of carbonyl (C=O) groups excluding carboxylic acids is 1. The molecule has 140 valence electrons. The maximum Gasteiger partial charge on any atom is 0.285 e. The van der Waals surface area contributed by atoms with Crippen LogP contribution in [0.2, 0.25) is 0 Å². The standard InChI is InChI=1S/C18H24N4O3S/c23-18(19-22-10-4-1-5-11-22)14-8-12-21(13-9-14)17-15-6-2-3-7-16(15)26(24,25)20-17/h2-3,6-7,14H,1,4-5,8-13H2,(H,19,23). The molecule has 1 aromatic carbocycles. The zero-order valence-corrected chi connectivity index (χ0v) is 15.5. The molecule has 1 N–H and O–H groups in total. The summed E-state index contributed by atoms with van der Waals surface area (Å²) < 4.78 is 28.4. The van der Waals surface area contributed by atoms with Gasteiger partial charge in [-0.25, -0.2) is 5.01 Å². The van der Waals surface area contributed by atoms with Crippen molar-refractivity contribution in [2.75, 3.05) is 26.2 Å². The Hall–Kier alpha value is -1.93. The third kappa shape index (κ3) is 3.35. The minimum Gasteiger partial charge on any atom is -0.355 e. The molecular formula is C18H24N4O3S. The number of hydrazine groups is 1. The van der Waals surface area contributed by atoms with Crippen LogP contribution >= 0.6 is 0 Å². The predicted molar refractivity (Wildman–Crippen MR) is 98.0 cm³/mol.